The fourth-order valence-corrected chi connectivity index (χ4v) is 0.750. The minimum absolute atomic E-state index is 0. The average Bonchev–Trinajstić information content (AvgIpc) is 1.41. The van der Waals surface area contributed by atoms with Gasteiger partial charge in [0.2, 0.25) is 0 Å². The molecule has 0 heterocycles. The molecule has 0 fully saturated rings. The van der Waals surface area contributed by atoms with Gasteiger partial charge in [-0.15, -0.1) is 8.58 Å². The Morgan fingerprint density at radius 1 is 1.50 bits per heavy atom. The maximum atomic E-state index is 2.24. The number of hydrogen-bond donors (Lipinski definition) is 0. The van der Waals surface area contributed by atoms with Gasteiger partial charge in [0.15, 0.2) is 0 Å². The largest absolute Gasteiger partial charge is 0.125 e. The van der Waals surface area contributed by atoms with E-state index in [2.05, 4.69) is 13.6 Å². The van der Waals surface area contributed by atoms with E-state index in [0.717, 1.165) is 8.58 Å². The van der Waals surface area contributed by atoms with Crippen LogP contribution in [0.3, 0.4) is 0 Å². The van der Waals surface area contributed by atoms with Crippen LogP contribution in [0.15, 0.2) is 0 Å². The monoisotopic (exact) mass is 254 g/mol. The predicted octanol–water partition coefficient (Wildman–Crippen LogP) is 1.70. The Morgan fingerprint density at radius 3 is 2.00 bits per heavy atom. The van der Waals surface area contributed by atoms with Crippen molar-refractivity contribution >= 4 is 8.58 Å². The van der Waals surface area contributed by atoms with Gasteiger partial charge in [-0.05, 0) is 12.8 Å². The first kappa shape index (κ1) is 10.6. The molecule has 0 bridgehead atoms. The maximum absolute atomic E-state index is 2.24. The van der Waals surface area contributed by atoms with Crippen LogP contribution < -0.4 is 0 Å². The molecule has 42 valence electrons. The fourth-order valence-electron chi connectivity index (χ4n) is 0.250. The van der Waals surface area contributed by atoms with Crippen molar-refractivity contribution in [2.24, 2.45) is 0 Å². The second kappa shape index (κ2) is 9.86. The molecule has 0 aliphatic carbocycles. The molecule has 0 nitrogen and oxygen atoms in total. The molecule has 0 saturated heterocycles. The van der Waals surface area contributed by atoms with Gasteiger partial charge in [-0.1, -0.05) is 13.3 Å². The van der Waals surface area contributed by atoms with Gasteiger partial charge in [0.05, 0.1) is 0 Å². The molecule has 0 amide bonds. The van der Waals surface area contributed by atoms with Crippen LogP contribution >= 0.6 is 8.58 Å². The van der Waals surface area contributed by atoms with E-state index in [-0.39, 0.29) is 38.2 Å². The SMILES string of the molecule is CCCPC.[Dy]. The summed E-state index contributed by atoms with van der Waals surface area (Å²) in [4.78, 5) is 0. The summed E-state index contributed by atoms with van der Waals surface area (Å²) in [5, 5.41) is 0. The van der Waals surface area contributed by atoms with Gasteiger partial charge in [0.25, 0.3) is 0 Å². The van der Waals surface area contributed by atoms with Crippen LogP contribution in [0.25, 0.3) is 0 Å². The average molecular weight is 253 g/mol. The number of rotatable bonds is 2. The third-order valence-electron chi connectivity index (χ3n) is 0.500. The van der Waals surface area contributed by atoms with Gasteiger partial charge in [-0.2, -0.15) is 0 Å². The minimum Gasteiger partial charge on any atom is -0.125 e. The summed E-state index contributed by atoms with van der Waals surface area (Å²) in [5.41, 5.74) is 0. The molecule has 1 atom stereocenters. The fraction of sp³-hybridized carbons (Fsp3) is 1.00. The zero-order valence-corrected chi connectivity index (χ0v) is 7.26. The Balaban J connectivity index is 0. The maximum Gasteiger partial charge on any atom is 0 e. The first-order valence-corrected chi connectivity index (χ1v) is 3.77. The van der Waals surface area contributed by atoms with Gasteiger partial charge in [0, 0.05) is 38.2 Å². The van der Waals surface area contributed by atoms with E-state index in [4.69, 9.17) is 0 Å². The molecule has 0 aliphatic heterocycles. The van der Waals surface area contributed by atoms with E-state index in [0.29, 0.717) is 0 Å². The molecule has 0 aliphatic rings. The van der Waals surface area contributed by atoms with Crippen LogP contribution in [0, 0.1) is 38.2 Å². The van der Waals surface area contributed by atoms with Gasteiger partial charge in [-0.25, -0.2) is 0 Å². The second-order valence-corrected chi connectivity index (χ2v) is 2.31. The van der Waals surface area contributed by atoms with Crippen molar-refractivity contribution in [3.63, 3.8) is 0 Å². The van der Waals surface area contributed by atoms with Crippen LogP contribution in [0.4, 0.5) is 0 Å². The van der Waals surface area contributed by atoms with Gasteiger partial charge in [0.1, 0.15) is 0 Å². The Morgan fingerprint density at radius 2 is 2.00 bits per heavy atom. The molecule has 0 aromatic rings. The Labute approximate surface area is 72.3 Å². The van der Waals surface area contributed by atoms with E-state index >= 15 is 0 Å². The van der Waals surface area contributed by atoms with Crippen LogP contribution in [0.2, 0.25) is 0 Å². The molecule has 0 radical (unpaired) electrons. The molecule has 0 saturated carbocycles. The summed E-state index contributed by atoms with van der Waals surface area (Å²) in [6, 6.07) is 0. The number of hydrogen-bond acceptors (Lipinski definition) is 0. The Kier molecular flexibility index (Phi) is 17.5. The molecule has 0 aromatic carbocycles. The molecule has 0 N–H and O–H groups in total. The van der Waals surface area contributed by atoms with E-state index in [1.54, 1.807) is 0 Å². The third-order valence-corrected chi connectivity index (χ3v) is 1.50. The summed E-state index contributed by atoms with van der Waals surface area (Å²) in [6.45, 7) is 4.46. The summed E-state index contributed by atoms with van der Waals surface area (Å²) in [5.74, 6) is 0. The zero-order valence-electron chi connectivity index (χ0n) is 4.23. The van der Waals surface area contributed by atoms with Crippen molar-refractivity contribution in [3.8, 4) is 0 Å². The summed E-state index contributed by atoms with van der Waals surface area (Å²) >= 11 is 0. The molecular weight excluding hydrogens is 242 g/mol. The first-order chi connectivity index (χ1) is 2.41. The summed E-state index contributed by atoms with van der Waals surface area (Å²) in [6.07, 6.45) is 2.77. The Hall–Kier alpha value is 1.70. The molecule has 0 rings (SSSR count). The smallest absolute Gasteiger partial charge is 0 e. The Bertz CT molecular complexity index is 15.0. The van der Waals surface area contributed by atoms with Crippen molar-refractivity contribution < 1.29 is 38.2 Å². The van der Waals surface area contributed by atoms with Gasteiger partial charge >= 0.3 is 0 Å². The van der Waals surface area contributed by atoms with Crippen LogP contribution in [0.1, 0.15) is 13.3 Å². The minimum atomic E-state index is 0. The quantitative estimate of drug-likeness (QED) is 0.657. The van der Waals surface area contributed by atoms with Crippen molar-refractivity contribution in [2.75, 3.05) is 12.8 Å². The van der Waals surface area contributed by atoms with E-state index < -0.39 is 0 Å². The molecule has 1 unspecified atom stereocenters. The van der Waals surface area contributed by atoms with Crippen molar-refractivity contribution in [2.45, 2.75) is 13.3 Å². The summed E-state index contributed by atoms with van der Waals surface area (Å²) < 4.78 is 0. The van der Waals surface area contributed by atoms with Crippen molar-refractivity contribution in [3.05, 3.63) is 0 Å². The second-order valence-electron chi connectivity index (χ2n) is 1.10. The normalized spacial score (nSPS) is 9.00. The zero-order chi connectivity index (χ0) is 4.12. The van der Waals surface area contributed by atoms with E-state index in [1.807, 2.05) is 0 Å². The molecule has 0 aromatic heterocycles. The third kappa shape index (κ3) is 9.20. The molecule has 6 heavy (non-hydrogen) atoms. The standard InChI is InChI=1S/C4H11P.Dy/c1-3-4-5-2;/h5H,3-4H2,1-2H3;. The van der Waals surface area contributed by atoms with E-state index in [1.165, 1.54) is 12.6 Å². The van der Waals surface area contributed by atoms with Gasteiger partial charge < -0.3 is 0 Å². The van der Waals surface area contributed by atoms with Crippen molar-refractivity contribution in [1.82, 2.24) is 0 Å². The molecule has 2 heteroatoms. The van der Waals surface area contributed by atoms with Crippen LogP contribution in [-0.4, -0.2) is 12.8 Å². The first-order valence-electron chi connectivity index (χ1n) is 2.06. The van der Waals surface area contributed by atoms with Crippen LogP contribution in [-0.2, 0) is 0 Å². The predicted molar refractivity (Wildman–Crippen MR) is 29.4 cm³/mol. The van der Waals surface area contributed by atoms with E-state index in [9.17, 15) is 0 Å². The molecular formula is C4H11DyP. The topological polar surface area (TPSA) is 0 Å². The van der Waals surface area contributed by atoms with Crippen molar-refractivity contribution in [1.29, 1.82) is 0 Å². The van der Waals surface area contributed by atoms with Gasteiger partial charge in [-0.3, -0.25) is 0 Å². The summed E-state index contributed by atoms with van der Waals surface area (Å²) in [7, 11) is 1.16. The molecule has 0 spiro atoms. The van der Waals surface area contributed by atoms with Crippen LogP contribution in [0.5, 0.6) is 0 Å².